The van der Waals surface area contributed by atoms with Crippen molar-refractivity contribution in [1.29, 1.82) is 0 Å². The smallest absolute Gasteiger partial charge is 0.251 e. The van der Waals surface area contributed by atoms with Gasteiger partial charge in [-0.3, -0.25) is 9.59 Å². The maximum absolute atomic E-state index is 12.4. The first-order valence-corrected chi connectivity index (χ1v) is 9.19. The van der Waals surface area contributed by atoms with Gasteiger partial charge in [-0.2, -0.15) is 0 Å². The molecular weight excluding hydrogens is 380 g/mol. The average molecular weight is 401 g/mol. The number of benzene rings is 2. The molecule has 1 aliphatic carbocycles. The molecule has 130 valence electrons. The molecule has 0 spiro atoms. The van der Waals surface area contributed by atoms with Gasteiger partial charge in [-0.15, -0.1) is 0 Å². The quantitative estimate of drug-likeness (QED) is 0.805. The van der Waals surface area contributed by atoms with Crippen molar-refractivity contribution in [3.05, 3.63) is 69.7 Å². The largest absolute Gasteiger partial charge is 0.349 e. The Morgan fingerprint density at radius 2 is 1.64 bits per heavy atom. The standard InChI is InChI=1S/C20H21BrN2O2/c1-23(19(24)12-14-4-8-17(21)9-5-14)13-15-2-6-16(7-3-15)20(25)22-18-10-11-18/h2-9,18H,10-13H2,1H3,(H,22,25). The highest BCUT2D eigenvalue weighted by Gasteiger charge is 2.23. The Kier molecular flexibility index (Phi) is 5.53. The third-order valence-corrected chi connectivity index (χ3v) is 4.77. The highest BCUT2D eigenvalue weighted by Crippen LogP contribution is 2.19. The fraction of sp³-hybridized carbons (Fsp3) is 0.300. The topological polar surface area (TPSA) is 49.4 Å². The lowest BCUT2D eigenvalue weighted by molar-refractivity contribution is -0.129. The summed E-state index contributed by atoms with van der Waals surface area (Å²) < 4.78 is 1.00. The molecule has 2 aromatic carbocycles. The number of rotatable bonds is 6. The molecule has 2 aromatic rings. The van der Waals surface area contributed by atoms with Crippen LogP contribution < -0.4 is 5.32 Å². The fourth-order valence-electron chi connectivity index (χ4n) is 2.53. The van der Waals surface area contributed by atoms with E-state index in [4.69, 9.17) is 0 Å². The van der Waals surface area contributed by atoms with Crippen LogP contribution >= 0.6 is 15.9 Å². The molecule has 4 nitrogen and oxygen atoms in total. The van der Waals surface area contributed by atoms with E-state index in [1.165, 1.54) is 0 Å². The third kappa shape index (κ3) is 5.16. The Balaban J connectivity index is 1.54. The first-order valence-electron chi connectivity index (χ1n) is 8.39. The predicted octanol–water partition coefficient (Wildman–Crippen LogP) is 3.54. The normalized spacial score (nSPS) is 13.4. The molecule has 1 fully saturated rings. The van der Waals surface area contributed by atoms with Gasteiger partial charge in [0.25, 0.3) is 5.91 Å². The van der Waals surface area contributed by atoms with Gasteiger partial charge in [-0.05, 0) is 48.2 Å². The molecule has 0 atom stereocenters. The predicted molar refractivity (Wildman–Crippen MR) is 101 cm³/mol. The number of carbonyl (C=O) groups excluding carboxylic acids is 2. The van der Waals surface area contributed by atoms with E-state index >= 15 is 0 Å². The molecule has 0 unspecified atom stereocenters. The second-order valence-electron chi connectivity index (χ2n) is 6.50. The van der Waals surface area contributed by atoms with Gasteiger partial charge < -0.3 is 10.2 Å². The molecule has 1 N–H and O–H groups in total. The van der Waals surface area contributed by atoms with Gasteiger partial charge in [0.2, 0.25) is 5.91 Å². The van der Waals surface area contributed by atoms with Gasteiger partial charge in [0.05, 0.1) is 6.42 Å². The summed E-state index contributed by atoms with van der Waals surface area (Å²) in [4.78, 5) is 26.0. The van der Waals surface area contributed by atoms with Gasteiger partial charge in [0, 0.05) is 29.7 Å². The minimum Gasteiger partial charge on any atom is -0.349 e. The Morgan fingerprint density at radius 3 is 2.24 bits per heavy atom. The number of hydrogen-bond donors (Lipinski definition) is 1. The first-order chi connectivity index (χ1) is 12.0. The van der Waals surface area contributed by atoms with Gasteiger partial charge >= 0.3 is 0 Å². The summed E-state index contributed by atoms with van der Waals surface area (Å²) >= 11 is 3.39. The first kappa shape index (κ1) is 17.7. The van der Waals surface area contributed by atoms with Crippen molar-refractivity contribution in [3.8, 4) is 0 Å². The number of amides is 2. The lowest BCUT2D eigenvalue weighted by Gasteiger charge is -2.17. The van der Waals surface area contributed by atoms with E-state index in [0.29, 0.717) is 24.6 Å². The van der Waals surface area contributed by atoms with Gasteiger partial charge in [-0.1, -0.05) is 40.2 Å². The van der Waals surface area contributed by atoms with E-state index in [2.05, 4.69) is 21.2 Å². The molecule has 0 aliphatic heterocycles. The zero-order chi connectivity index (χ0) is 17.8. The molecular formula is C20H21BrN2O2. The van der Waals surface area contributed by atoms with Crippen LogP contribution in [0.2, 0.25) is 0 Å². The Bertz CT molecular complexity index is 752. The fourth-order valence-corrected chi connectivity index (χ4v) is 2.80. The molecule has 25 heavy (non-hydrogen) atoms. The molecule has 0 saturated heterocycles. The minimum absolute atomic E-state index is 0.0197. The van der Waals surface area contributed by atoms with Crippen molar-refractivity contribution in [2.24, 2.45) is 0 Å². The van der Waals surface area contributed by atoms with E-state index in [9.17, 15) is 9.59 Å². The molecule has 2 amide bonds. The number of likely N-dealkylation sites (N-methyl/N-ethyl adjacent to an activating group) is 1. The summed E-state index contributed by atoms with van der Waals surface area (Å²) in [5.41, 5.74) is 2.67. The zero-order valence-corrected chi connectivity index (χ0v) is 15.8. The molecule has 0 aromatic heterocycles. The van der Waals surface area contributed by atoms with Crippen LogP contribution in [0.15, 0.2) is 53.0 Å². The molecule has 1 aliphatic rings. The van der Waals surface area contributed by atoms with Crippen LogP contribution in [0.25, 0.3) is 0 Å². The van der Waals surface area contributed by atoms with Gasteiger partial charge in [-0.25, -0.2) is 0 Å². The third-order valence-electron chi connectivity index (χ3n) is 4.24. The van der Waals surface area contributed by atoms with E-state index < -0.39 is 0 Å². The van der Waals surface area contributed by atoms with Crippen molar-refractivity contribution in [2.75, 3.05) is 7.05 Å². The van der Waals surface area contributed by atoms with Crippen molar-refractivity contribution in [2.45, 2.75) is 31.8 Å². The van der Waals surface area contributed by atoms with Crippen LogP contribution in [0.3, 0.4) is 0 Å². The Labute approximate surface area is 156 Å². The van der Waals surface area contributed by atoms with Crippen molar-refractivity contribution >= 4 is 27.7 Å². The molecule has 1 saturated carbocycles. The molecule has 3 rings (SSSR count). The number of hydrogen-bond acceptors (Lipinski definition) is 2. The highest BCUT2D eigenvalue weighted by atomic mass is 79.9. The lowest BCUT2D eigenvalue weighted by atomic mass is 10.1. The van der Waals surface area contributed by atoms with Crippen LogP contribution in [0.4, 0.5) is 0 Å². The van der Waals surface area contributed by atoms with Crippen molar-refractivity contribution < 1.29 is 9.59 Å². The van der Waals surface area contributed by atoms with E-state index in [-0.39, 0.29) is 11.8 Å². The molecule has 0 heterocycles. The van der Waals surface area contributed by atoms with Crippen LogP contribution in [0, 0.1) is 0 Å². The van der Waals surface area contributed by atoms with Crippen LogP contribution in [-0.2, 0) is 17.8 Å². The summed E-state index contributed by atoms with van der Waals surface area (Å²) in [7, 11) is 1.80. The van der Waals surface area contributed by atoms with E-state index in [1.54, 1.807) is 11.9 Å². The SMILES string of the molecule is CN(Cc1ccc(C(=O)NC2CC2)cc1)C(=O)Cc1ccc(Br)cc1. The maximum Gasteiger partial charge on any atom is 0.251 e. The monoisotopic (exact) mass is 400 g/mol. The summed E-state index contributed by atoms with van der Waals surface area (Å²) in [6.07, 6.45) is 2.54. The highest BCUT2D eigenvalue weighted by molar-refractivity contribution is 9.10. The Hall–Kier alpha value is -2.14. The summed E-state index contributed by atoms with van der Waals surface area (Å²) in [6, 6.07) is 15.6. The van der Waals surface area contributed by atoms with Crippen molar-refractivity contribution in [3.63, 3.8) is 0 Å². The number of carbonyl (C=O) groups is 2. The van der Waals surface area contributed by atoms with Gasteiger partial charge in [0.1, 0.15) is 0 Å². The summed E-state index contributed by atoms with van der Waals surface area (Å²) in [5.74, 6) is 0.0478. The zero-order valence-electron chi connectivity index (χ0n) is 14.2. The average Bonchev–Trinajstić information content (AvgIpc) is 3.41. The van der Waals surface area contributed by atoms with Crippen molar-refractivity contribution in [1.82, 2.24) is 10.2 Å². The molecule has 5 heteroatoms. The van der Waals surface area contributed by atoms with E-state index in [0.717, 1.165) is 28.4 Å². The minimum atomic E-state index is -0.0197. The second-order valence-corrected chi connectivity index (χ2v) is 7.41. The number of nitrogens with one attached hydrogen (secondary N) is 1. The van der Waals surface area contributed by atoms with E-state index in [1.807, 2.05) is 48.5 Å². The lowest BCUT2D eigenvalue weighted by Crippen LogP contribution is -2.28. The van der Waals surface area contributed by atoms with Gasteiger partial charge in [0.15, 0.2) is 0 Å². The Morgan fingerprint density at radius 1 is 1.04 bits per heavy atom. The van der Waals surface area contributed by atoms with Crippen LogP contribution in [-0.4, -0.2) is 29.8 Å². The van der Waals surface area contributed by atoms with Crippen LogP contribution in [0.1, 0.15) is 34.3 Å². The summed E-state index contributed by atoms with van der Waals surface area (Å²) in [5, 5.41) is 2.97. The maximum atomic E-state index is 12.4. The molecule has 0 bridgehead atoms. The van der Waals surface area contributed by atoms with Crippen LogP contribution in [0.5, 0.6) is 0 Å². The number of halogens is 1. The number of nitrogens with zero attached hydrogens (tertiary/aromatic N) is 1. The molecule has 0 radical (unpaired) electrons. The summed E-state index contributed by atoms with van der Waals surface area (Å²) in [6.45, 7) is 0.528. The second kappa shape index (κ2) is 7.83.